The lowest BCUT2D eigenvalue weighted by Gasteiger charge is -2.22. The molecule has 1 aromatic heterocycles. The lowest BCUT2D eigenvalue weighted by atomic mass is 10.1. The van der Waals surface area contributed by atoms with E-state index in [2.05, 4.69) is 10.3 Å². The highest BCUT2D eigenvalue weighted by molar-refractivity contribution is 5.88. The second kappa shape index (κ2) is 7.33. The first kappa shape index (κ1) is 18.4. The van der Waals surface area contributed by atoms with E-state index in [1.54, 1.807) is 46.0 Å². The van der Waals surface area contributed by atoms with Crippen molar-refractivity contribution >= 4 is 22.6 Å². The molecule has 0 saturated carbocycles. The standard InChI is InChI=1S/C17H21N3O5/c1-11(19-16(21)25-17(2,3)4)10-24-15-14-9-13(20(22)23)6-5-12(14)7-8-18-15/h5-9,11H,10H2,1-4H3,(H,19,21). The summed E-state index contributed by atoms with van der Waals surface area (Å²) >= 11 is 0. The predicted octanol–water partition coefficient (Wildman–Crippen LogP) is 3.44. The van der Waals surface area contributed by atoms with E-state index in [1.807, 2.05) is 0 Å². The molecule has 134 valence electrons. The van der Waals surface area contributed by atoms with Crippen molar-refractivity contribution < 1.29 is 19.2 Å². The molecule has 1 atom stereocenters. The molecule has 1 heterocycles. The van der Waals surface area contributed by atoms with Crippen LogP contribution in [0.5, 0.6) is 5.88 Å². The molecule has 2 rings (SSSR count). The van der Waals surface area contributed by atoms with Gasteiger partial charge in [0.1, 0.15) is 12.2 Å². The number of nitrogens with one attached hydrogen (secondary N) is 1. The fraction of sp³-hybridized carbons (Fsp3) is 0.412. The summed E-state index contributed by atoms with van der Waals surface area (Å²) < 4.78 is 10.8. The molecule has 0 spiro atoms. The Balaban J connectivity index is 2.06. The van der Waals surface area contributed by atoms with Crippen LogP contribution in [0.25, 0.3) is 10.8 Å². The minimum atomic E-state index is -0.583. The Hall–Kier alpha value is -2.90. The van der Waals surface area contributed by atoms with Crippen LogP contribution in [0, 0.1) is 10.1 Å². The van der Waals surface area contributed by atoms with E-state index < -0.39 is 16.6 Å². The molecule has 0 bridgehead atoms. The Kier molecular flexibility index (Phi) is 5.41. The lowest BCUT2D eigenvalue weighted by molar-refractivity contribution is -0.384. The van der Waals surface area contributed by atoms with E-state index in [0.717, 1.165) is 5.39 Å². The summed E-state index contributed by atoms with van der Waals surface area (Å²) in [5.41, 5.74) is -0.619. The number of amides is 1. The third-order valence-corrected chi connectivity index (χ3v) is 3.16. The molecular formula is C17H21N3O5. The van der Waals surface area contributed by atoms with Gasteiger partial charge in [0.2, 0.25) is 5.88 Å². The highest BCUT2D eigenvalue weighted by Gasteiger charge is 2.18. The number of aromatic nitrogens is 1. The molecule has 0 aliphatic carbocycles. The fourth-order valence-corrected chi connectivity index (χ4v) is 2.11. The van der Waals surface area contributed by atoms with Gasteiger partial charge in [-0.1, -0.05) is 0 Å². The first-order chi connectivity index (χ1) is 11.7. The van der Waals surface area contributed by atoms with Crippen LogP contribution in [0.2, 0.25) is 0 Å². The number of rotatable bonds is 5. The van der Waals surface area contributed by atoms with E-state index in [4.69, 9.17) is 9.47 Å². The third-order valence-electron chi connectivity index (χ3n) is 3.16. The van der Waals surface area contributed by atoms with Crippen molar-refractivity contribution in [1.29, 1.82) is 0 Å². The van der Waals surface area contributed by atoms with E-state index >= 15 is 0 Å². The summed E-state index contributed by atoms with van der Waals surface area (Å²) in [5, 5.41) is 14.9. The first-order valence-electron chi connectivity index (χ1n) is 7.81. The number of nitrogens with zero attached hydrogens (tertiary/aromatic N) is 2. The summed E-state index contributed by atoms with van der Waals surface area (Å²) in [7, 11) is 0. The Morgan fingerprint density at radius 2 is 2.08 bits per heavy atom. The third kappa shape index (κ3) is 5.30. The molecule has 2 aromatic rings. The van der Waals surface area contributed by atoms with Crippen LogP contribution in [0.1, 0.15) is 27.7 Å². The Labute approximate surface area is 145 Å². The van der Waals surface area contributed by atoms with Crippen molar-refractivity contribution in [2.45, 2.75) is 39.3 Å². The van der Waals surface area contributed by atoms with Gasteiger partial charge in [0, 0.05) is 18.3 Å². The molecule has 0 aliphatic rings. The largest absolute Gasteiger partial charge is 0.475 e. The Bertz CT molecular complexity index is 785. The van der Waals surface area contributed by atoms with Gasteiger partial charge < -0.3 is 14.8 Å². The van der Waals surface area contributed by atoms with Crippen LogP contribution >= 0.6 is 0 Å². The second-order valence-corrected chi connectivity index (χ2v) is 6.64. The SMILES string of the molecule is CC(COc1nccc2ccc([N+](=O)[O-])cc12)NC(=O)OC(C)(C)C. The summed E-state index contributed by atoms with van der Waals surface area (Å²) in [6.07, 6.45) is 1.03. The monoisotopic (exact) mass is 347 g/mol. The van der Waals surface area contributed by atoms with Crippen molar-refractivity contribution in [3.8, 4) is 5.88 Å². The number of hydrogen-bond acceptors (Lipinski definition) is 6. The number of fused-ring (bicyclic) bond motifs is 1. The van der Waals surface area contributed by atoms with Gasteiger partial charge in [0.25, 0.3) is 5.69 Å². The van der Waals surface area contributed by atoms with Crippen LogP contribution in [0.4, 0.5) is 10.5 Å². The number of non-ortho nitro benzene ring substituents is 1. The molecule has 8 nitrogen and oxygen atoms in total. The van der Waals surface area contributed by atoms with Gasteiger partial charge >= 0.3 is 6.09 Å². The van der Waals surface area contributed by atoms with E-state index in [0.29, 0.717) is 5.39 Å². The molecule has 1 aromatic carbocycles. The number of ether oxygens (including phenoxy) is 2. The zero-order chi connectivity index (χ0) is 18.6. The van der Waals surface area contributed by atoms with Gasteiger partial charge in [-0.3, -0.25) is 10.1 Å². The summed E-state index contributed by atoms with van der Waals surface area (Å²) in [6.45, 7) is 7.24. The predicted molar refractivity (Wildman–Crippen MR) is 92.7 cm³/mol. The van der Waals surface area contributed by atoms with Gasteiger partial charge in [0.05, 0.1) is 16.4 Å². The highest BCUT2D eigenvalue weighted by Crippen LogP contribution is 2.27. The quantitative estimate of drug-likeness (QED) is 0.656. The maximum absolute atomic E-state index is 11.7. The number of nitro groups is 1. The smallest absolute Gasteiger partial charge is 0.407 e. The van der Waals surface area contributed by atoms with E-state index in [1.165, 1.54) is 12.1 Å². The summed E-state index contributed by atoms with van der Waals surface area (Å²) in [4.78, 5) is 26.3. The van der Waals surface area contributed by atoms with Crippen LogP contribution in [-0.2, 0) is 4.74 Å². The zero-order valence-corrected chi connectivity index (χ0v) is 14.6. The zero-order valence-electron chi connectivity index (χ0n) is 14.6. The van der Waals surface area contributed by atoms with Gasteiger partial charge in [-0.2, -0.15) is 0 Å². The number of carbonyl (C=O) groups is 1. The number of pyridine rings is 1. The molecule has 1 unspecified atom stereocenters. The van der Waals surface area contributed by atoms with Gasteiger partial charge in [0.15, 0.2) is 0 Å². The van der Waals surface area contributed by atoms with Crippen molar-refractivity contribution in [3.63, 3.8) is 0 Å². The lowest BCUT2D eigenvalue weighted by Crippen LogP contribution is -2.40. The number of benzene rings is 1. The number of carbonyl (C=O) groups excluding carboxylic acids is 1. The first-order valence-corrected chi connectivity index (χ1v) is 7.81. The van der Waals surface area contributed by atoms with Gasteiger partial charge in [-0.25, -0.2) is 9.78 Å². The van der Waals surface area contributed by atoms with Crippen LogP contribution in [0.3, 0.4) is 0 Å². The maximum atomic E-state index is 11.7. The summed E-state index contributed by atoms with van der Waals surface area (Å²) in [5.74, 6) is 0.277. The normalized spacial score (nSPS) is 12.5. The Morgan fingerprint density at radius 3 is 2.72 bits per heavy atom. The average molecular weight is 347 g/mol. The van der Waals surface area contributed by atoms with Gasteiger partial charge in [-0.05, 0) is 45.2 Å². The summed E-state index contributed by atoms with van der Waals surface area (Å²) in [6, 6.07) is 5.91. The average Bonchev–Trinajstić information content (AvgIpc) is 2.50. The molecule has 0 radical (unpaired) electrons. The minimum Gasteiger partial charge on any atom is -0.475 e. The van der Waals surface area contributed by atoms with Crippen LogP contribution in [-0.4, -0.2) is 34.3 Å². The molecule has 0 fully saturated rings. The molecule has 0 aliphatic heterocycles. The molecule has 1 N–H and O–H groups in total. The second-order valence-electron chi connectivity index (χ2n) is 6.64. The number of nitro benzene ring substituents is 1. The maximum Gasteiger partial charge on any atom is 0.407 e. The molecular weight excluding hydrogens is 326 g/mol. The Morgan fingerprint density at radius 1 is 1.36 bits per heavy atom. The molecule has 0 saturated heterocycles. The minimum absolute atomic E-state index is 0.0368. The topological polar surface area (TPSA) is 104 Å². The van der Waals surface area contributed by atoms with Crippen molar-refractivity contribution in [2.24, 2.45) is 0 Å². The van der Waals surface area contributed by atoms with Crippen LogP contribution < -0.4 is 10.1 Å². The number of hydrogen-bond donors (Lipinski definition) is 1. The van der Waals surface area contributed by atoms with Crippen molar-refractivity contribution in [2.75, 3.05) is 6.61 Å². The molecule has 8 heteroatoms. The van der Waals surface area contributed by atoms with E-state index in [9.17, 15) is 14.9 Å². The van der Waals surface area contributed by atoms with Crippen molar-refractivity contribution in [1.82, 2.24) is 10.3 Å². The van der Waals surface area contributed by atoms with Gasteiger partial charge in [-0.15, -0.1) is 0 Å². The number of alkyl carbamates (subject to hydrolysis) is 1. The van der Waals surface area contributed by atoms with E-state index in [-0.39, 0.29) is 24.2 Å². The van der Waals surface area contributed by atoms with Crippen molar-refractivity contribution in [3.05, 3.63) is 40.6 Å². The fourth-order valence-electron chi connectivity index (χ4n) is 2.11. The highest BCUT2D eigenvalue weighted by atomic mass is 16.6. The molecule has 1 amide bonds. The molecule has 25 heavy (non-hydrogen) atoms. The van der Waals surface area contributed by atoms with Crippen LogP contribution in [0.15, 0.2) is 30.5 Å².